The van der Waals surface area contributed by atoms with Gasteiger partial charge in [0.1, 0.15) is 10.4 Å². The van der Waals surface area contributed by atoms with E-state index in [1.165, 1.54) is 6.07 Å². The number of hydrogen-bond donors (Lipinski definition) is 0. The van der Waals surface area contributed by atoms with Crippen LogP contribution in [0.25, 0.3) is 0 Å². The normalized spacial score (nSPS) is 10.5. The third-order valence-electron chi connectivity index (χ3n) is 2.30. The number of rotatable bonds is 4. The van der Waals surface area contributed by atoms with Gasteiger partial charge in [-0.25, -0.2) is 9.37 Å². The molecule has 0 saturated carbocycles. The Kier molecular flexibility index (Phi) is 4.87. The van der Waals surface area contributed by atoms with Gasteiger partial charge in [0, 0.05) is 17.0 Å². The van der Waals surface area contributed by atoms with Crippen LogP contribution in [0.5, 0.6) is 11.6 Å². The lowest BCUT2D eigenvalue weighted by atomic mass is 10.3. The molecule has 0 saturated heterocycles. The van der Waals surface area contributed by atoms with E-state index in [0.717, 1.165) is 12.8 Å². The van der Waals surface area contributed by atoms with Gasteiger partial charge in [-0.05, 0) is 40.5 Å². The van der Waals surface area contributed by atoms with E-state index in [0.29, 0.717) is 20.8 Å². The van der Waals surface area contributed by atoms with E-state index in [1.54, 1.807) is 18.2 Å². The van der Waals surface area contributed by atoms with E-state index < -0.39 is 5.82 Å². The lowest BCUT2D eigenvalue weighted by Gasteiger charge is -2.08. The molecule has 2 rings (SSSR count). The van der Waals surface area contributed by atoms with Crippen LogP contribution in [-0.4, -0.2) is 9.97 Å². The Hall–Kier alpha value is -1.01. The molecule has 0 N–H and O–H groups in total. The first-order valence-corrected chi connectivity index (χ1v) is 7.33. The Bertz CT molecular complexity index is 593. The van der Waals surface area contributed by atoms with Gasteiger partial charge < -0.3 is 4.74 Å². The lowest BCUT2D eigenvalue weighted by Crippen LogP contribution is -1.98. The summed E-state index contributed by atoms with van der Waals surface area (Å²) in [6.45, 7) is 2.04. The van der Waals surface area contributed by atoms with Gasteiger partial charge in [-0.15, -0.1) is 0 Å². The van der Waals surface area contributed by atoms with Gasteiger partial charge in [-0.2, -0.15) is 4.98 Å². The van der Waals surface area contributed by atoms with Crippen molar-refractivity contribution in [2.24, 2.45) is 0 Å². The van der Waals surface area contributed by atoms with Crippen molar-refractivity contribution in [2.45, 2.75) is 19.8 Å². The van der Waals surface area contributed by atoms with E-state index in [4.69, 9.17) is 4.74 Å². The molecule has 1 aromatic heterocycles. The van der Waals surface area contributed by atoms with E-state index >= 15 is 0 Å². The largest absolute Gasteiger partial charge is 0.436 e. The van der Waals surface area contributed by atoms with Crippen molar-refractivity contribution in [2.75, 3.05) is 0 Å². The third-order valence-corrected chi connectivity index (χ3v) is 3.20. The minimum absolute atomic E-state index is 0.135. The molecule has 0 amide bonds. The summed E-state index contributed by atoms with van der Waals surface area (Å²) in [7, 11) is 0. The molecule has 1 aromatic carbocycles. The van der Waals surface area contributed by atoms with Crippen LogP contribution in [0.1, 0.15) is 19.2 Å². The molecule has 0 unspecified atom stereocenters. The van der Waals surface area contributed by atoms with Gasteiger partial charge in [0.25, 0.3) is 0 Å². The molecule has 1 heterocycles. The first-order valence-electron chi connectivity index (χ1n) is 5.75. The molecule has 0 aliphatic carbocycles. The van der Waals surface area contributed by atoms with Crippen LogP contribution in [0.15, 0.2) is 33.3 Å². The first kappa shape index (κ1) is 14.4. The second-order valence-corrected chi connectivity index (χ2v) is 5.60. The number of ether oxygens (including phenoxy) is 1. The summed E-state index contributed by atoms with van der Waals surface area (Å²) in [4.78, 5) is 8.47. The molecule has 2 aromatic rings. The Morgan fingerprint density at radius 3 is 2.68 bits per heavy atom. The summed E-state index contributed by atoms with van der Waals surface area (Å²) in [5.41, 5.74) is 0. The molecule has 0 spiro atoms. The molecule has 19 heavy (non-hydrogen) atoms. The minimum atomic E-state index is -0.443. The van der Waals surface area contributed by atoms with Gasteiger partial charge in [0.05, 0.1) is 0 Å². The summed E-state index contributed by atoms with van der Waals surface area (Å²) in [5.74, 6) is 0.688. The predicted molar refractivity (Wildman–Crippen MR) is 77.9 cm³/mol. The van der Waals surface area contributed by atoms with Crippen molar-refractivity contribution < 1.29 is 9.13 Å². The highest BCUT2D eigenvalue weighted by Gasteiger charge is 2.08. The molecule has 0 aliphatic heterocycles. The average molecular weight is 390 g/mol. The van der Waals surface area contributed by atoms with Crippen molar-refractivity contribution in [3.8, 4) is 11.6 Å². The van der Waals surface area contributed by atoms with Gasteiger partial charge in [0.15, 0.2) is 11.6 Å². The third kappa shape index (κ3) is 3.98. The van der Waals surface area contributed by atoms with Crippen LogP contribution in [0, 0.1) is 5.82 Å². The number of aryl methyl sites for hydroxylation is 1. The van der Waals surface area contributed by atoms with Gasteiger partial charge >= 0.3 is 0 Å². The zero-order chi connectivity index (χ0) is 13.8. The number of halogens is 3. The van der Waals surface area contributed by atoms with E-state index in [2.05, 4.69) is 41.8 Å². The van der Waals surface area contributed by atoms with Gasteiger partial charge in [0.2, 0.25) is 5.88 Å². The molecule has 3 nitrogen and oxygen atoms in total. The van der Waals surface area contributed by atoms with Crippen LogP contribution in [-0.2, 0) is 6.42 Å². The molecule has 0 aliphatic rings. The monoisotopic (exact) mass is 388 g/mol. The quantitative estimate of drug-likeness (QED) is 0.698. The summed E-state index contributed by atoms with van der Waals surface area (Å²) in [6, 6.07) is 6.22. The van der Waals surface area contributed by atoms with Gasteiger partial charge in [-0.1, -0.05) is 22.9 Å². The molecule has 100 valence electrons. The van der Waals surface area contributed by atoms with Crippen LogP contribution < -0.4 is 4.74 Å². The van der Waals surface area contributed by atoms with Gasteiger partial charge in [-0.3, -0.25) is 0 Å². The van der Waals surface area contributed by atoms with Crippen LogP contribution in [0.3, 0.4) is 0 Å². The van der Waals surface area contributed by atoms with Crippen molar-refractivity contribution in [3.63, 3.8) is 0 Å². The van der Waals surface area contributed by atoms with Crippen LogP contribution in [0.2, 0.25) is 0 Å². The fourth-order valence-corrected chi connectivity index (χ4v) is 2.23. The zero-order valence-corrected chi connectivity index (χ0v) is 13.3. The second-order valence-electron chi connectivity index (χ2n) is 3.87. The zero-order valence-electron chi connectivity index (χ0n) is 10.2. The van der Waals surface area contributed by atoms with E-state index in [1.807, 2.05) is 6.92 Å². The first-order chi connectivity index (χ1) is 9.08. The Labute approximate surface area is 127 Å². The maximum atomic E-state index is 13.7. The summed E-state index contributed by atoms with van der Waals surface area (Å²) >= 11 is 6.49. The standard InChI is InChI=1S/C13H11Br2FN2O/c1-2-3-12-17-11(15)7-13(18-12)19-10-5-4-8(14)6-9(10)16/h4-7H,2-3H2,1H3. The number of benzene rings is 1. The molecule has 0 radical (unpaired) electrons. The topological polar surface area (TPSA) is 35.0 Å². The highest BCUT2D eigenvalue weighted by molar-refractivity contribution is 9.10. The summed E-state index contributed by atoms with van der Waals surface area (Å²) in [6.07, 6.45) is 1.68. The highest BCUT2D eigenvalue weighted by atomic mass is 79.9. The molecule has 6 heteroatoms. The Morgan fingerprint density at radius 2 is 2.00 bits per heavy atom. The number of aromatic nitrogens is 2. The molecular formula is C13H11Br2FN2O. The molecule has 0 atom stereocenters. The smallest absolute Gasteiger partial charge is 0.223 e. The lowest BCUT2D eigenvalue weighted by molar-refractivity contribution is 0.423. The molecular weight excluding hydrogens is 379 g/mol. The maximum Gasteiger partial charge on any atom is 0.223 e. The fourth-order valence-electron chi connectivity index (χ4n) is 1.50. The average Bonchev–Trinajstić information content (AvgIpc) is 2.32. The predicted octanol–water partition coefficient (Wildman–Crippen LogP) is 4.89. The van der Waals surface area contributed by atoms with E-state index in [-0.39, 0.29) is 5.75 Å². The molecule has 0 fully saturated rings. The highest BCUT2D eigenvalue weighted by Crippen LogP contribution is 2.27. The fraction of sp³-hybridized carbons (Fsp3) is 0.231. The van der Waals surface area contributed by atoms with Crippen molar-refractivity contribution in [1.29, 1.82) is 0 Å². The van der Waals surface area contributed by atoms with Crippen LogP contribution in [0.4, 0.5) is 4.39 Å². The number of nitrogens with zero attached hydrogens (tertiary/aromatic N) is 2. The Balaban J connectivity index is 2.27. The minimum Gasteiger partial charge on any atom is -0.436 e. The van der Waals surface area contributed by atoms with Crippen molar-refractivity contribution in [3.05, 3.63) is 45.0 Å². The maximum absolute atomic E-state index is 13.7. The Morgan fingerprint density at radius 1 is 1.21 bits per heavy atom. The summed E-state index contributed by atoms with van der Waals surface area (Å²) < 4.78 is 20.4. The van der Waals surface area contributed by atoms with Crippen LogP contribution >= 0.6 is 31.9 Å². The SMILES string of the molecule is CCCc1nc(Br)cc(Oc2ccc(Br)cc2F)n1. The van der Waals surface area contributed by atoms with E-state index in [9.17, 15) is 4.39 Å². The van der Waals surface area contributed by atoms with Crippen molar-refractivity contribution in [1.82, 2.24) is 9.97 Å². The van der Waals surface area contributed by atoms with Crippen molar-refractivity contribution >= 4 is 31.9 Å². The number of hydrogen-bond acceptors (Lipinski definition) is 3. The summed E-state index contributed by atoms with van der Waals surface area (Å²) in [5, 5.41) is 0. The molecule has 0 bridgehead atoms. The second kappa shape index (κ2) is 6.43.